The molecule has 0 spiro atoms. The van der Waals surface area contributed by atoms with Crippen LogP contribution in [0.3, 0.4) is 0 Å². The summed E-state index contributed by atoms with van der Waals surface area (Å²) in [5.74, 6) is -1.04. The van der Waals surface area contributed by atoms with Gasteiger partial charge in [-0.25, -0.2) is 9.59 Å². The van der Waals surface area contributed by atoms with E-state index in [0.29, 0.717) is 11.3 Å². The van der Waals surface area contributed by atoms with Crippen LogP contribution in [-0.2, 0) is 38.1 Å². The number of alkyl carbamates (subject to hydrolysis) is 1. The summed E-state index contributed by atoms with van der Waals surface area (Å²) in [6, 6.07) is 5.38. The number of hydrogen-bond acceptors (Lipinski definition) is 12. The van der Waals surface area contributed by atoms with Crippen LogP contribution in [0.1, 0.15) is 85.0 Å². The average molecular weight is 710 g/mol. The number of Topliss-reactive ketones (excluding diaryl/α,β-unsaturated/α-hetero) is 1. The Hall–Kier alpha value is -3.69. The third kappa shape index (κ3) is 15.2. The standard InChI is InChI=1S/C34H51N3O11S/c1-32(2,3)47-29(42)23(37-31(43)48-33(4,5)6)14-15-25(39)49-19-18-35-24(38)16-17-36-28(41)27-34(7,8)20-45-30(46-27)26(40)21-10-12-22(44-9)13-11-21/h10-13,23,27,30H,14-20H2,1-9H3,(H,35,38)(H,36,41)(H,37,43)/t23-,27-,30-/m0/s1. The van der Waals surface area contributed by atoms with Crippen molar-refractivity contribution in [2.75, 3.05) is 32.6 Å². The van der Waals surface area contributed by atoms with Crippen LogP contribution in [0.2, 0.25) is 0 Å². The molecule has 1 aromatic carbocycles. The molecule has 274 valence electrons. The Labute approximate surface area is 292 Å². The maximum Gasteiger partial charge on any atom is 0.408 e. The third-order valence-corrected chi connectivity index (χ3v) is 7.70. The summed E-state index contributed by atoms with van der Waals surface area (Å²) in [6.45, 7) is 14.1. The number of nitrogens with one attached hydrogen (secondary N) is 3. The molecule has 1 heterocycles. The van der Waals surface area contributed by atoms with Crippen LogP contribution in [0.25, 0.3) is 0 Å². The number of amides is 3. The predicted molar refractivity (Wildman–Crippen MR) is 182 cm³/mol. The van der Waals surface area contributed by atoms with E-state index in [1.165, 1.54) is 7.11 Å². The van der Waals surface area contributed by atoms with Crippen LogP contribution in [-0.4, -0.2) is 97.0 Å². The molecule has 0 aromatic heterocycles. The molecule has 1 aliphatic heterocycles. The van der Waals surface area contributed by atoms with Crippen molar-refractivity contribution in [2.45, 2.75) is 104 Å². The Morgan fingerprint density at radius 1 is 0.918 bits per heavy atom. The minimum Gasteiger partial charge on any atom is -0.497 e. The quantitative estimate of drug-likeness (QED) is 0.137. The number of carbonyl (C=O) groups is 6. The SMILES string of the molecule is COc1ccc(C(=O)[C@H]2OCC(C)(C)[C@H](C(=O)NCCC(=O)NCCSC(=O)CC[C@H](NC(=O)OC(C)(C)C)C(=O)OC(C)(C)C)O2)cc1. The first-order valence-corrected chi connectivity index (χ1v) is 17.1. The van der Waals surface area contributed by atoms with E-state index < -0.39 is 58.8 Å². The van der Waals surface area contributed by atoms with Gasteiger partial charge in [0.05, 0.1) is 13.7 Å². The number of benzene rings is 1. The van der Waals surface area contributed by atoms with Crippen LogP contribution >= 0.6 is 11.8 Å². The summed E-state index contributed by atoms with van der Waals surface area (Å²) < 4.78 is 27.2. The monoisotopic (exact) mass is 709 g/mol. The second-order valence-electron chi connectivity index (χ2n) is 14.1. The van der Waals surface area contributed by atoms with Gasteiger partial charge >= 0.3 is 12.1 Å². The largest absolute Gasteiger partial charge is 0.497 e. The van der Waals surface area contributed by atoms with Crippen molar-refractivity contribution in [3.05, 3.63) is 29.8 Å². The highest BCUT2D eigenvalue weighted by molar-refractivity contribution is 8.13. The Morgan fingerprint density at radius 3 is 2.14 bits per heavy atom. The molecule has 3 amide bonds. The molecule has 3 N–H and O–H groups in total. The molecule has 0 aliphatic carbocycles. The van der Waals surface area contributed by atoms with Gasteiger partial charge in [0.25, 0.3) is 0 Å². The first kappa shape index (κ1) is 41.5. The van der Waals surface area contributed by atoms with Gasteiger partial charge in [-0.1, -0.05) is 25.6 Å². The minimum atomic E-state index is -1.26. The van der Waals surface area contributed by atoms with E-state index in [1.54, 1.807) is 79.7 Å². The number of thioether (sulfide) groups is 1. The molecule has 3 atom stereocenters. The van der Waals surface area contributed by atoms with E-state index in [2.05, 4.69) is 16.0 Å². The Kier molecular flexibility index (Phi) is 15.5. The van der Waals surface area contributed by atoms with Gasteiger partial charge in [0.15, 0.2) is 5.12 Å². The Morgan fingerprint density at radius 2 is 1.55 bits per heavy atom. The molecule has 0 radical (unpaired) electrons. The van der Waals surface area contributed by atoms with Gasteiger partial charge in [-0.15, -0.1) is 0 Å². The molecule has 2 rings (SSSR count). The summed E-state index contributed by atoms with van der Waals surface area (Å²) >= 11 is 0.982. The van der Waals surface area contributed by atoms with Crippen molar-refractivity contribution in [3.8, 4) is 5.75 Å². The fraction of sp³-hybridized carbons (Fsp3) is 0.647. The first-order valence-electron chi connectivity index (χ1n) is 16.1. The van der Waals surface area contributed by atoms with Gasteiger partial charge in [-0.2, -0.15) is 0 Å². The Balaban J connectivity index is 1.75. The van der Waals surface area contributed by atoms with E-state index >= 15 is 0 Å². The van der Waals surface area contributed by atoms with Crippen molar-refractivity contribution in [1.82, 2.24) is 16.0 Å². The molecule has 1 aliphatic rings. The molecule has 49 heavy (non-hydrogen) atoms. The number of methoxy groups -OCH3 is 1. The zero-order valence-corrected chi connectivity index (χ0v) is 30.7. The number of carbonyl (C=O) groups excluding carboxylic acids is 6. The smallest absolute Gasteiger partial charge is 0.408 e. The molecule has 0 saturated carbocycles. The molecule has 15 heteroatoms. The van der Waals surface area contributed by atoms with E-state index in [0.717, 1.165) is 11.8 Å². The van der Waals surface area contributed by atoms with Gasteiger partial charge in [0, 0.05) is 42.7 Å². The van der Waals surface area contributed by atoms with E-state index in [-0.39, 0.29) is 55.7 Å². The summed E-state index contributed by atoms with van der Waals surface area (Å²) in [5, 5.41) is 7.64. The second kappa shape index (κ2) is 18.3. The predicted octanol–water partition coefficient (Wildman–Crippen LogP) is 3.54. The van der Waals surface area contributed by atoms with Gasteiger partial charge in [-0.05, 0) is 72.2 Å². The number of esters is 1. The number of rotatable bonds is 15. The summed E-state index contributed by atoms with van der Waals surface area (Å²) in [7, 11) is 1.52. The van der Waals surface area contributed by atoms with Crippen molar-refractivity contribution in [1.29, 1.82) is 0 Å². The van der Waals surface area contributed by atoms with Gasteiger partial charge in [-0.3, -0.25) is 19.2 Å². The van der Waals surface area contributed by atoms with Gasteiger partial charge in [0.2, 0.25) is 23.9 Å². The average Bonchev–Trinajstić information content (AvgIpc) is 2.99. The second-order valence-corrected chi connectivity index (χ2v) is 15.3. The molecule has 1 aromatic rings. The van der Waals surface area contributed by atoms with Crippen molar-refractivity contribution >= 4 is 46.5 Å². The summed E-state index contributed by atoms with van der Waals surface area (Å²) in [4.78, 5) is 75.7. The van der Waals surface area contributed by atoms with E-state index in [1.807, 2.05) is 0 Å². The highest BCUT2D eigenvalue weighted by Crippen LogP contribution is 2.32. The van der Waals surface area contributed by atoms with Crippen LogP contribution < -0.4 is 20.7 Å². The molecule has 0 bridgehead atoms. The third-order valence-electron chi connectivity index (χ3n) is 6.76. The normalized spacial score (nSPS) is 18.0. The first-order chi connectivity index (χ1) is 22.7. The van der Waals surface area contributed by atoms with Crippen LogP contribution in [0.15, 0.2) is 24.3 Å². The maximum absolute atomic E-state index is 13.0. The number of ketones is 1. The van der Waals surface area contributed by atoms with Crippen LogP contribution in [0, 0.1) is 5.41 Å². The molecule has 14 nitrogen and oxygen atoms in total. The highest BCUT2D eigenvalue weighted by atomic mass is 32.2. The zero-order valence-electron chi connectivity index (χ0n) is 29.9. The van der Waals surface area contributed by atoms with E-state index in [9.17, 15) is 28.8 Å². The van der Waals surface area contributed by atoms with Crippen LogP contribution in [0.4, 0.5) is 4.79 Å². The fourth-order valence-electron chi connectivity index (χ4n) is 4.40. The molecule has 1 saturated heterocycles. The van der Waals surface area contributed by atoms with E-state index in [4.69, 9.17) is 23.7 Å². The van der Waals surface area contributed by atoms with Crippen molar-refractivity contribution in [3.63, 3.8) is 0 Å². The molecular weight excluding hydrogens is 658 g/mol. The zero-order chi connectivity index (χ0) is 37.0. The molecule has 1 fully saturated rings. The van der Waals surface area contributed by atoms with Crippen LogP contribution in [0.5, 0.6) is 5.75 Å². The van der Waals surface area contributed by atoms with Crippen molar-refractivity contribution in [2.24, 2.45) is 5.41 Å². The maximum atomic E-state index is 13.0. The number of hydrogen-bond donors (Lipinski definition) is 3. The lowest BCUT2D eigenvalue weighted by atomic mass is 9.85. The molecular formula is C34H51N3O11S. The lowest BCUT2D eigenvalue weighted by Crippen LogP contribution is -2.55. The fourth-order valence-corrected chi connectivity index (χ4v) is 5.09. The number of ether oxygens (including phenoxy) is 5. The lowest BCUT2D eigenvalue weighted by Gasteiger charge is -2.40. The Bertz CT molecular complexity index is 1320. The molecule has 0 unspecified atom stereocenters. The highest BCUT2D eigenvalue weighted by Gasteiger charge is 2.45. The summed E-state index contributed by atoms with van der Waals surface area (Å²) in [6.07, 6.45) is -3.08. The van der Waals surface area contributed by atoms with Gasteiger partial charge < -0.3 is 39.6 Å². The topological polar surface area (TPSA) is 185 Å². The van der Waals surface area contributed by atoms with Gasteiger partial charge in [0.1, 0.15) is 29.1 Å². The minimum absolute atomic E-state index is 0.01000. The van der Waals surface area contributed by atoms with Crippen molar-refractivity contribution < 1.29 is 52.5 Å². The summed E-state index contributed by atoms with van der Waals surface area (Å²) in [5.41, 5.74) is -1.95. The lowest BCUT2D eigenvalue weighted by molar-refractivity contribution is -0.232.